The first-order valence-corrected chi connectivity index (χ1v) is 39.6. The van der Waals surface area contributed by atoms with Gasteiger partial charge >= 0.3 is 0 Å². The number of benzene rings is 1. The summed E-state index contributed by atoms with van der Waals surface area (Å²) < 4.78 is 39.8. The van der Waals surface area contributed by atoms with Gasteiger partial charge in [0.05, 0.1) is 25.4 Å². The minimum atomic E-state index is -1.76. The molecule has 0 saturated carbocycles. The van der Waals surface area contributed by atoms with Gasteiger partial charge < -0.3 is 27.5 Å². The lowest BCUT2D eigenvalue weighted by Gasteiger charge is -2.42. The minimum Gasteiger partial charge on any atom is -0.490 e. The van der Waals surface area contributed by atoms with E-state index in [1.54, 1.807) is 0 Å². The van der Waals surface area contributed by atoms with Crippen molar-refractivity contribution in [1.29, 1.82) is 0 Å². The van der Waals surface area contributed by atoms with Gasteiger partial charge in [0.25, 0.3) is 0 Å². The van der Waals surface area contributed by atoms with Crippen LogP contribution in [0.15, 0.2) is 12.1 Å². The normalized spacial score (nSPS) is 12.9. The van der Waals surface area contributed by atoms with Crippen LogP contribution in [0.25, 0.3) is 0 Å². The average molecular weight is 1130 g/mol. The summed E-state index contributed by atoms with van der Waals surface area (Å²) in [6.07, 6.45) is 33.8. The van der Waals surface area contributed by atoms with Gasteiger partial charge in [-0.3, -0.25) is 4.79 Å². The highest BCUT2D eigenvalue weighted by molar-refractivity contribution is 6.78. The van der Waals surface area contributed by atoms with Crippen molar-refractivity contribution < 1.29 is 32.3 Å². The fraction of sp³-hybridized carbons (Fsp3) is 0.896. The van der Waals surface area contributed by atoms with Crippen LogP contribution < -0.4 is 14.2 Å². The number of hydrogen-bond donors (Lipinski definition) is 0. The molecule has 0 N–H and O–H groups in total. The molecule has 0 amide bonds. The van der Waals surface area contributed by atoms with Crippen molar-refractivity contribution in [2.24, 2.45) is 0 Å². The molecule has 1 rings (SSSR count). The van der Waals surface area contributed by atoms with Crippen LogP contribution in [0.4, 0.5) is 0 Å². The Bertz CT molecular complexity index is 1510. The molecule has 0 bridgehead atoms. The summed E-state index contributed by atoms with van der Waals surface area (Å²) in [5, 5.41) is 0. The van der Waals surface area contributed by atoms with Gasteiger partial charge in [-0.2, -0.15) is 0 Å². The van der Waals surface area contributed by atoms with E-state index in [0.717, 1.165) is 64.6 Å². The van der Waals surface area contributed by atoms with Crippen LogP contribution in [0.5, 0.6) is 17.2 Å². The lowest BCUT2D eigenvalue weighted by atomic mass is 10.1. The highest BCUT2D eigenvalue weighted by Crippen LogP contribution is 2.45. The van der Waals surface area contributed by atoms with Crippen molar-refractivity contribution in [2.45, 2.75) is 348 Å². The predicted molar refractivity (Wildman–Crippen MR) is 344 cm³/mol. The summed E-state index contributed by atoms with van der Waals surface area (Å²) in [7, 11) is -5.26. The Hall–Kier alpha value is -1.18. The van der Waals surface area contributed by atoms with Crippen LogP contribution >= 0.6 is 0 Å². The van der Waals surface area contributed by atoms with Crippen molar-refractivity contribution in [3.8, 4) is 17.2 Å². The quantitative estimate of drug-likeness (QED) is 0.0366. The molecule has 0 heterocycles. The molecule has 0 radical (unpaired) electrons. The van der Waals surface area contributed by atoms with Crippen molar-refractivity contribution in [3.63, 3.8) is 0 Å². The molecule has 0 saturated heterocycles. The van der Waals surface area contributed by atoms with Crippen LogP contribution in [0.2, 0.25) is 49.9 Å². The van der Waals surface area contributed by atoms with Crippen molar-refractivity contribution >= 4 is 31.2 Å². The molecule has 454 valence electrons. The second-order valence-electron chi connectivity index (χ2n) is 26.5. The first kappa shape index (κ1) is 73.8. The number of carbonyl (C=O) groups excluding carboxylic acids is 1. The van der Waals surface area contributed by atoms with Crippen LogP contribution in [0.1, 0.15) is 308 Å². The smallest absolute Gasteiger partial charge is 0.204 e. The second-order valence-corrected chi connectivity index (χ2v) is 42.9. The third-order valence-corrected chi connectivity index (χ3v) is 36.4. The van der Waals surface area contributed by atoms with Gasteiger partial charge in [-0.15, -0.1) is 0 Å². The molecular formula is C67H132O7Si3. The van der Waals surface area contributed by atoms with E-state index in [1.165, 1.54) is 135 Å². The molecule has 1 aromatic carbocycles. The fourth-order valence-corrected chi connectivity index (χ4v) is 30.6. The predicted octanol–water partition coefficient (Wildman–Crippen LogP) is 22.7. The van der Waals surface area contributed by atoms with E-state index in [2.05, 4.69) is 125 Å². The molecule has 0 aliphatic carbocycles. The monoisotopic (exact) mass is 1130 g/mol. The Balaban J connectivity index is 2.63. The zero-order valence-electron chi connectivity index (χ0n) is 54.6. The lowest BCUT2D eigenvalue weighted by molar-refractivity contribution is 0.111. The van der Waals surface area contributed by atoms with E-state index < -0.39 is 25.0 Å². The molecule has 0 aliphatic heterocycles. The number of rotatable bonds is 52. The van der Waals surface area contributed by atoms with Gasteiger partial charge in [0.15, 0.2) is 42.7 Å². The molecule has 0 aliphatic rings. The maximum Gasteiger partial charge on any atom is 0.204 e. The van der Waals surface area contributed by atoms with E-state index in [9.17, 15) is 4.79 Å². The molecule has 0 aromatic heterocycles. The SMILES string of the molecule is CC(C)[Si](OCCCCCCCCCCCOc1ccc(C=O)c(OCCCCCCCCCCCO[Si](C(C)C)(C(C)C)C(C)C)c1OCCCCCCCCCCCO[Si](C(C)C)(C(C)C)C(C)C)(C(C)C)C(C)C. The third kappa shape index (κ3) is 26.3. The topological polar surface area (TPSA) is 72.5 Å². The van der Waals surface area contributed by atoms with Crippen molar-refractivity contribution in [2.75, 3.05) is 39.6 Å². The first-order chi connectivity index (χ1) is 36.7. The van der Waals surface area contributed by atoms with Gasteiger partial charge in [0.2, 0.25) is 5.75 Å². The average Bonchev–Trinajstić information content (AvgIpc) is 3.36. The molecule has 77 heavy (non-hydrogen) atoms. The highest BCUT2D eigenvalue weighted by atomic mass is 28.4. The zero-order chi connectivity index (χ0) is 57.7. The standard InChI is InChI=1S/C67H132O7Si3/c1-55(2)75(56(3)4,57(5)6)72-51-43-37-31-25-19-22-28-34-40-48-69-65-47-46-64(54-68)66(70-49-41-35-29-23-20-26-32-38-44-52-73-76(58(7)8,59(9)10)60(11)12)67(65)71-50-42-36-30-24-21-27-33-39-45-53-74-77(61(13)14,62(15)16)63(17)18/h46-47,54-63H,19-45,48-53H2,1-18H3. The molecule has 0 atom stereocenters. The minimum absolute atomic E-state index is 0.542. The maximum absolute atomic E-state index is 12.4. The summed E-state index contributed by atoms with van der Waals surface area (Å²) >= 11 is 0. The van der Waals surface area contributed by atoms with Crippen LogP contribution in [-0.2, 0) is 13.3 Å². The number of aldehydes is 1. The Labute approximate surface area is 483 Å². The molecule has 0 fully saturated rings. The van der Waals surface area contributed by atoms with Crippen molar-refractivity contribution in [1.82, 2.24) is 0 Å². The summed E-state index contributed by atoms with van der Waals surface area (Å²) in [5.41, 5.74) is 6.41. The highest BCUT2D eigenvalue weighted by Gasteiger charge is 2.46. The van der Waals surface area contributed by atoms with Crippen LogP contribution in [0.3, 0.4) is 0 Å². The number of unbranched alkanes of at least 4 members (excludes halogenated alkanes) is 24. The maximum atomic E-state index is 12.4. The molecule has 0 spiro atoms. The molecule has 1 aromatic rings. The van der Waals surface area contributed by atoms with Gasteiger partial charge in [-0.25, -0.2) is 0 Å². The summed E-state index contributed by atoms with van der Waals surface area (Å²) in [5.74, 6) is 1.87. The Morgan fingerprint density at radius 2 is 0.494 bits per heavy atom. The Kier molecular flexibility index (Phi) is 40.9. The Morgan fingerprint density at radius 1 is 0.286 bits per heavy atom. The molecule has 7 nitrogen and oxygen atoms in total. The Morgan fingerprint density at radius 3 is 0.727 bits per heavy atom. The summed E-state index contributed by atoms with van der Waals surface area (Å²) in [6.45, 7) is 47.4. The van der Waals surface area contributed by atoms with E-state index >= 15 is 0 Å². The summed E-state index contributed by atoms with van der Waals surface area (Å²) in [6, 6.07) is 3.77. The van der Waals surface area contributed by atoms with E-state index in [-0.39, 0.29) is 0 Å². The molecule has 10 heteroatoms. The van der Waals surface area contributed by atoms with Crippen LogP contribution in [0, 0.1) is 0 Å². The van der Waals surface area contributed by atoms with Gasteiger partial charge in [-0.05, 0) is 101 Å². The zero-order valence-corrected chi connectivity index (χ0v) is 57.6. The van der Waals surface area contributed by atoms with Gasteiger partial charge in [0, 0.05) is 19.8 Å². The fourth-order valence-electron chi connectivity index (χ4n) is 14.2. The molecule has 0 unspecified atom stereocenters. The third-order valence-electron chi connectivity index (χ3n) is 18.0. The largest absolute Gasteiger partial charge is 0.490 e. The first-order valence-electron chi connectivity index (χ1n) is 33.1. The van der Waals surface area contributed by atoms with Gasteiger partial charge in [0.1, 0.15) is 0 Å². The van der Waals surface area contributed by atoms with E-state index in [4.69, 9.17) is 27.5 Å². The van der Waals surface area contributed by atoms with Crippen molar-refractivity contribution in [3.05, 3.63) is 17.7 Å². The number of carbonyl (C=O) groups is 1. The lowest BCUT2D eigenvalue weighted by Crippen LogP contribution is -2.47. The van der Waals surface area contributed by atoms with Gasteiger partial charge in [-0.1, -0.05) is 259 Å². The second kappa shape index (κ2) is 42.6. The van der Waals surface area contributed by atoms with Crippen LogP contribution in [-0.4, -0.2) is 70.9 Å². The van der Waals surface area contributed by atoms with E-state index in [1.807, 2.05) is 12.1 Å². The number of ether oxygens (including phenoxy) is 3. The summed E-state index contributed by atoms with van der Waals surface area (Å²) in [4.78, 5) is 12.4. The van der Waals surface area contributed by atoms with E-state index in [0.29, 0.717) is 92.5 Å². The number of hydrogen-bond acceptors (Lipinski definition) is 7. The molecular weight excluding hydrogens is 1000 g/mol.